The highest BCUT2D eigenvalue weighted by molar-refractivity contribution is 7.18. The van der Waals surface area contributed by atoms with Crippen LogP contribution in [0.4, 0.5) is 20.2 Å². The Morgan fingerprint density at radius 3 is 2.97 bits per heavy atom. The first-order chi connectivity index (χ1) is 14.6. The summed E-state index contributed by atoms with van der Waals surface area (Å²) in [6.07, 6.45) is 4.02. The van der Waals surface area contributed by atoms with Crippen LogP contribution in [-0.4, -0.2) is 34.0 Å². The van der Waals surface area contributed by atoms with Gasteiger partial charge in [0.2, 0.25) is 0 Å². The van der Waals surface area contributed by atoms with Crippen LogP contribution < -0.4 is 5.32 Å². The molecule has 5 rings (SSSR count). The number of thiazole rings is 1. The second kappa shape index (κ2) is 7.83. The molecule has 1 N–H and O–H groups in total. The number of likely N-dealkylation sites (tertiary alicyclic amines) is 1. The predicted octanol–water partition coefficient (Wildman–Crippen LogP) is 6.52. The van der Waals surface area contributed by atoms with Gasteiger partial charge in [0.15, 0.2) is 11.6 Å². The summed E-state index contributed by atoms with van der Waals surface area (Å²) in [6.45, 7) is 6.68. The van der Waals surface area contributed by atoms with Crippen molar-refractivity contribution in [2.75, 3.05) is 18.4 Å². The Bertz CT molecular complexity index is 1220. The summed E-state index contributed by atoms with van der Waals surface area (Å²) in [6, 6.07) is 5.72. The molecule has 4 heterocycles. The van der Waals surface area contributed by atoms with Gasteiger partial charge in [-0.25, -0.2) is 18.7 Å². The van der Waals surface area contributed by atoms with Gasteiger partial charge in [-0.3, -0.25) is 0 Å². The van der Waals surface area contributed by atoms with Gasteiger partial charge in [-0.2, -0.15) is 0 Å². The third-order valence-electron chi connectivity index (χ3n) is 6.12. The van der Waals surface area contributed by atoms with Gasteiger partial charge in [0, 0.05) is 28.4 Å². The molecule has 0 saturated carbocycles. The summed E-state index contributed by atoms with van der Waals surface area (Å²) < 4.78 is 30.0. The fourth-order valence-electron chi connectivity index (χ4n) is 4.47. The summed E-state index contributed by atoms with van der Waals surface area (Å²) in [5, 5.41) is 3.88. The van der Waals surface area contributed by atoms with Crippen LogP contribution in [0.2, 0.25) is 0 Å². The summed E-state index contributed by atoms with van der Waals surface area (Å²) in [7, 11) is 0. The van der Waals surface area contributed by atoms with Crippen LogP contribution in [0, 0.1) is 11.6 Å². The van der Waals surface area contributed by atoms with E-state index in [0.717, 1.165) is 29.7 Å². The minimum absolute atomic E-state index is 0.170. The zero-order chi connectivity index (χ0) is 20.8. The summed E-state index contributed by atoms with van der Waals surface area (Å²) in [5.74, 6) is -0.833. The van der Waals surface area contributed by atoms with Crippen LogP contribution in [0.1, 0.15) is 37.5 Å². The van der Waals surface area contributed by atoms with E-state index < -0.39 is 11.6 Å². The van der Waals surface area contributed by atoms with Crippen LogP contribution in [0.25, 0.3) is 20.4 Å². The standard InChI is InChI=1S/C22H22F2N4S2/c1-3-28-8-4-5-13(12(28)2)17-9-14-16(6-7-25-22(14)30-17)27-20-15(23)10-18-21(19(20)24)26-11-29-18/h6-7,9-13H,3-5,8H2,1-2H3,(H,25,27)/t12-,13+/m0/s1. The average molecular weight is 445 g/mol. The monoisotopic (exact) mass is 444 g/mol. The third-order valence-corrected chi connectivity index (χ3v) is 8.07. The van der Waals surface area contributed by atoms with Gasteiger partial charge in [0.25, 0.3) is 0 Å². The maximum absolute atomic E-state index is 14.9. The lowest BCUT2D eigenvalue weighted by molar-refractivity contribution is 0.148. The van der Waals surface area contributed by atoms with E-state index in [0.29, 0.717) is 22.3 Å². The fraction of sp³-hybridized carbons (Fsp3) is 0.364. The number of fused-ring (bicyclic) bond motifs is 2. The van der Waals surface area contributed by atoms with Crippen molar-refractivity contribution in [2.45, 2.75) is 38.6 Å². The van der Waals surface area contributed by atoms with Gasteiger partial charge in [-0.1, -0.05) is 6.92 Å². The summed E-state index contributed by atoms with van der Waals surface area (Å²) in [5.41, 5.74) is 2.20. The van der Waals surface area contributed by atoms with Crippen molar-refractivity contribution in [3.05, 3.63) is 46.4 Å². The molecule has 0 radical (unpaired) electrons. The highest BCUT2D eigenvalue weighted by atomic mass is 32.1. The predicted molar refractivity (Wildman–Crippen MR) is 121 cm³/mol. The number of thiophene rings is 1. The van der Waals surface area contributed by atoms with E-state index in [4.69, 9.17) is 0 Å². The van der Waals surface area contributed by atoms with Gasteiger partial charge in [0.05, 0.1) is 15.9 Å². The van der Waals surface area contributed by atoms with Crippen LogP contribution in [0.15, 0.2) is 29.9 Å². The van der Waals surface area contributed by atoms with Crippen molar-refractivity contribution >= 4 is 54.5 Å². The molecule has 156 valence electrons. The third kappa shape index (κ3) is 3.27. The normalized spacial score (nSPS) is 20.3. The van der Waals surface area contributed by atoms with E-state index in [2.05, 4.69) is 40.1 Å². The molecule has 0 spiro atoms. The number of hydrogen-bond donors (Lipinski definition) is 1. The first-order valence-electron chi connectivity index (χ1n) is 10.2. The number of piperidine rings is 1. The van der Waals surface area contributed by atoms with Crippen molar-refractivity contribution in [3.63, 3.8) is 0 Å². The molecule has 1 saturated heterocycles. The van der Waals surface area contributed by atoms with Crippen molar-refractivity contribution in [2.24, 2.45) is 0 Å². The largest absolute Gasteiger partial charge is 0.350 e. The van der Waals surface area contributed by atoms with E-state index in [-0.39, 0.29) is 11.2 Å². The number of hydrogen-bond acceptors (Lipinski definition) is 6. The van der Waals surface area contributed by atoms with Crippen molar-refractivity contribution in [1.82, 2.24) is 14.9 Å². The molecule has 1 aliphatic heterocycles. The number of likely N-dealkylation sites (N-methyl/N-ethyl adjacent to an activating group) is 1. The number of pyridine rings is 1. The molecule has 0 bridgehead atoms. The molecule has 2 atom stereocenters. The maximum atomic E-state index is 14.9. The van der Waals surface area contributed by atoms with Gasteiger partial charge < -0.3 is 10.2 Å². The van der Waals surface area contributed by atoms with Crippen LogP contribution in [0.3, 0.4) is 0 Å². The maximum Gasteiger partial charge on any atom is 0.176 e. The summed E-state index contributed by atoms with van der Waals surface area (Å²) >= 11 is 2.90. The number of halogens is 2. The number of rotatable bonds is 4. The minimum Gasteiger partial charge on any atom is -0.350 e. The molecular formula is C22H22F2N4S2. The number of aromatic nitrogens is 2. The Labute approximate surface area is 181 Å². The first-order valence-corrected chi connectivity index (χ1v) is 11.9. The lowest BCUT2D eigenvalue weighted by Crippen LogP contribution is -2.41. The minimum atomic E-state index is -0.661. The molecule has 30 heavy (non-hydrogen) atoms. The van der Waals surface area contributed by atoms with Gasteiger partial charge >= 0.3 is 0 Å². The zero-order valence-corrected chi connectivity index (χ0v) is 18.4. The van der Waals surface area contributed by atoms with Crippen LogP contribution in [-0.2, 0) is 0 Å². The Morgan fingerprint density at radius 2 is 2.13 bits per heavy atom. The van der Waals surface area contributed by atoms with E-state index in [9.17, 15) is 8.78 Å². The van der Waals surface area contributed by atoms with E-state index in [1.807, 2.05) is 0 Å². The van der Waals surface area contributed by atoms with Crippen LogP contribution in [0.5, 0.6) is 0 Å². The molecule has 3 aromatic heterocycles. The van der Waals surface area contributed by atoms with Crippen molar-refractivity contribution < 1.29 is 8.78 Å². The molecule has 1 fully saturated rings. The Kier molecular flexibility index (Phi) is 5.16. The molecule has 0 amide bonds. The van der Waals surface area contributed by atoms with Gasteiger partial charge in [-0.05, 0) is 51.1 Å². The highest BCUT2D eigenvalue weighted by Crippen LogP contribution is 2.41. The Morgan fingerprint density at radius 1 is 1.27 bits per heavy atom. The molecule has 1 aromatic carbocycles. The molecule has 4 aromatic rings. The second-order valence-corrected chi connectivity index (χ2v) is 9.66. The van der Waals surface area contributed by atoms with Crippen molar-refractivity contribution in [3.8, 4) is 0 Å². The smallest absolute Gasteiger partial charge is 0.176 e. The van der Waals surface area contributed by atoms with E-state index in [1.165, 1.54) is 34.2 Å². The Balaban J connectivity index is 1.54. The van der Waals surface area contributed by atoms with E-state index in [1.54, 1.807) is 23.6 Å². The molecular weight excluding hydrogens is 422 g/mol. The topological polar surface area (TPSA) is 41.0 Å². The quantitative estimate of drug-likeness (QED) is 0.389. The molecule has 0 unspecified atom stereocenters. The highest BCUT2D eigenvalue weighted by Gasteiger charge is 2.29. The summed E-state index contributed by atoms with van der Waals surface area (Å²) in [4.78, 5) is 13.2. The van der Waals surface area contributed by atoms with Gasteiger partial charge in [-0.15, -0.1) is 22.7 Å². The second-order valence-electron chi connectivity index (χ2n) is 7.72. The van der Waals surface area contributed by atoms with Gasteiger partial charge in [0.1, 0.15) is 16.0 Å². The average Bonchev–Trinajstić information content (AvgIpc) is 3.38. The van der Waals surface area contributed by atoms with Crippen LogP contribution >= 0.6 is 22.7 Å². The zero-order valence-electron chi connectivity index (χ0n) is 16.8. The first kappa shape index (κ1) is 19.8. The lowest BCUT2D eigenvalue weighted by Gasteiger charge is -2.38. The SMILES string of the molecule is CCN1CCC[C@@H](c2cc3c(Nc4c(F)cc5scnc5c4F)ccnc3s2)[C@@H]1C. The number of benzene rings is 1. The lowest BCUT2D eigenvalue weighted by atomic mass is 9.89. The molecule has 1 aliphatic rings. The number of anilines is 2. The molecule has 0 aliphatic carbocycles. The number of nitrogens with zero attached hydrogens (tertiary/aromatic N) is 3. The fourth-order valence-corrected chi connectivity index (χ4v) is 6.43. The molecule has 8 heteroatoms. The number of nitrogens with one attached hydrogen (secondary N) is 1. The van der Waals surface area contributed by atoms with E-state index >= 15 is 0 Å². The van der Waals surface area contributed by atoms with Crippen molar-refractivity contribution in [1.29, 1.82) is 0 Å². The molecule has 4 nitrogen and oxygen atoms in total. The Hall–Kier alpha value is -2.16.